The quantitative estimate of drug-likeness (QED) is 0.365. The van der Waals surface area contributed by atoms with Gasteiger partial charge in [-0.1, -0.05) is 53.7 Å². The summed E-state index contributed by atoms with van der Waals surface area (Å²) in [5.41, 5.74) is 5.99. The topological polar surface area (TPSA) is 69.0 Å². The molecule has 0 radical (unpaired) electrons. The smallest absolute Gasteiger partial charge is 0.234 e. The van der Waals surface area contributed by atoms with Gasteiger partial charge in [-0.05, 0) is 62.2 Å². The summed E-state index contributed by atoms with van der Waals surface area (Å²) in [4.78, 5) is 12.7. The van der Waals surface area contributed by atoms with Crippen molar-refractivity contribution in [1.29, 1.82) is 0 Å². The van der Waals surface area contributed by atoms with Crippen LogP contribution in [0, 0.1) is 20.8 Å². The Morgan fingerprint density at radius 3 is 2.33 bits per heavy atom. The number of carbonyl (C=O) groups excluding carboxylic acids is 1. The Labute approximate surface area is 198 Å². The van der Waals surface area contributed by atoms with E-state index < -0.39 is 0 Å². The van der Waals surface area contributed by atoms with E-state index in [4.69, 9.17) is 4.74 Å². The lowest BCUT2D eigenvalue weighted by Crippen LogP contribution is -2.15. The molecule has 6 nitrogen and oxygen atoms in total. The van der Waals surface area contributed by atoms with E-state index in [1.807, 2.05) is 92.1 Å². The average molecular weight is 459 g/mol. The van der Waals surface area contributed by atoms with Crippen LogP contribution in [-0.2, 0) is 4.79 Å². The molecular weight excluding hydrogens is 432 g/mol. The van der Waals surface area contributed by atoms with Crippen LogP contribution in [0.15, 0.2) is 71.9 Å². The minimum atomic E-state index is -0.0881. The van der Waals surface area contributed by atoms with Crippen LogP contribution in [-0.4, -0.2) is 33.5 Å². The van der Waals surface area contributed by atoms with Crippen molar-refractivity contribution in [2.75, 3.05) is 18.2 Å². The van der Waals surface area contributed by atoms with Gasteiger partial charge in [0.25, 0.3) is 0 Å². The molecular formula is C26H26N4O2S. The molecule has 0 saturated carbocycles. The number of rotatable bonds is 7. The van der Waals surface area contributed by atoms with E-state index in [0.29, 0.717) is 5.16 Å². The molecule has 0 fully saturated rings. The van der Waals surface area contributed by atoms with Crippen molar-refractivity contribution in [1.82, 2.24) is 14.8 Å². The minimum Gasteiger partial charge on any atom is -0.497 e. The van der Waals surface area contributed by atoms with Gasteiger partial charge in [-0.2, -0.15) is 0 Å². The van der Waals surface area contributed by atoms with Crippen LogP contribution >= 0.6 is 11.8 Å². The highest BCUT2D eigenvalue weighted by molar-refractivity contribution is 7.99. The molecule has 4 rings (SSSR count). The van der Waals surface area contributed by atoms with Gasteiger partial charge in [-0.3, -0.25) is 9.36 Å². The number of ether oxygens (including phenoxy) is 1. The maximum absolute atomic E-state index is 12.7. The molecule has 0 aliphatic rings. The van der Waals surface area contributed by atoms with Gasteiger partial charge in [-0.25, -0.2) is 0 Å². The normalized spacial score (nSPS) is 10.8. The number of hydrogen-bond acceptors (Lipinski definition) is 5. The number of anilines is 1. The number of thioether (sulfide) groups is 1. The van der Waals surface area contributed by atoms with Gasteiger partial charge in [0, 0.05) is 16.9 Å². The molecule has 0 saturated heterocycles. The van der Waals surface area contributed by atoms with Crippen LogP contribution in [0.4, 0.5) is 5.69 Å². The zero-order valence-electron chi connectivity index (χ0n) is 19.1. The minimum absolute atomic E-state index is 0.0881. The van der Waals surface area contributed by atoms with Crippen molar-refractivity contribution in [3.8, 4) is 22.8 Å². The predicted octanol–water partition coefficient (Wildman–Crippen LogP) is 5.60. The predicted molar refractivity (Wildman–Crippen MR) is 133 cm³/mol. The van der Waals surface area contributed by atoms with E-state index in [1.165, 1.54) is 17.3 Å². The van der Waals surface area contributed by atoms with E-state index in [9.17, 15) is 4.79 Å². The maximum atomic E-state index is 12.7. The summed E-state index contributed by atoms with van der Waals surface area (Å²) in [6.45, 7) is 6.04. The molecule has 0 aliphatic carbocycles. The third-order valence-electron chi connectivity index (χ3n) is 5.27. The Hall–Kier alpha value is -3.58. The first-order chi connectivity index (χ1) is 15.9. The summed E-state index contributed by atoms with van der Waals surface area (Å²) in [6, 6.07) is 21.9. The molecule has 0 unspecified atom stereocenters. The van der Waals surface area contributed by atoms with Crippen molar-refractivity contribution in [3.05, 3.63) is 83.4 Å². The molecule has 0 atom stereocenters. The standard InChI is InChI=1S/C26H26N4O2S/c1-17-6-9-20(10-7-17)25-28-29-26(30(25)21-11-13-22(32-4)14-12-21)33-16-24(31)27-23-15-18(2)5-8-19(23)3/h5-15H,16H2,1-4H3,(H,27,31). The van der Waals surface area contributed by atoms with Crippen molar-refractivity contribution in [3.63, 3.8) is 0 Å². The number of amides is 1. The number of hydrogen-bond donors (Lipinski definition) is 1. The Balaban J connectivity index is 1.61. The number of nitrogens with zero attached hydrogens (tertiary/aromatic N) is 3. The van der Waals surface area contributed by atoms with E-state index in [-0.39, 0.29) is 11.7 Å². The summed E-state index contributed by atoms with van der Waals surface area (Å²) >= 11 is 1.35. The number of benzene rings is 3. The zero-order valence-corrected chi connectivity index (χ0v) is 19.9. The summed E-state index contributed by atoms with van der Waals surface area (Å²) in [6.07, 6.45) is 0. The van der Waals surface area contributed by atoms with Gasteiger partial charge in [0.2, 0.25) is 5.91 Å². The van der Waals surface area contributed by atoms with Crippen molar-refractivity contribution >= 4 is 23.4 Å². The Bertz CT molecular complexity index is 1260. The Morgan fingerprint density at radius 2 is 1.64 bits per heavy atom. The molecule has 0 spiro atoms. The first-order valence-corrected chi connectivity index (χ1v) is 11.6. The third-order valence-corrected chi connectivity index (χ3v) is 6.20. The zero-order chi connectivity index (χ0) is 23.4. The average Bonchev–Trinajstić information content (AvgIpc) is 3.24. The second kappa shape index (κ2) is 9.92. The van der Waals surface area contributed by atoms with Gasteiger partial charge < -0.3 is 10.1 Å². The van der Waals surface area contributed by atoms with Crippen molar-refractivity contribution in [2.45, 2.75) is 25.9 Å². The van der Waals surface area contributed by atoms with Crippen LogP contribution < -0.4 is 10.1 Å². The van der Waals surface area contributed by atoms with Crippen LogP contribution in [0.3, 0.4) is 0 Å². The lowest BCUT2D eigenvalue weighted by atomic mass is 10.1. The number of carbonyl (C=O) groups is 1. The fourth-order valence-electron chi connectivity index (χ4n) is 3.40. The lowest BCUT2D eigenvalue weighted by molar-refractivity contribution is -0.113. The van der Waals surface area contributed by atoms with E-state index in [1.54, 1.807) is 7.11 Å². The van der Waals surface area contributed by atoms with E-state index in [0.717, 1.165) is 39.6 Å². The molecule has 168 valence electrons. The molecule has 1 N–H and O–H groups in total. The first kappa shape index (κ1) is 22.6. The number of aromatic nitrogens is 3. The van der Waals surface area contributed by atoms with Gasteiger partial charge in [0.15, 0.2) is 11.0 Å². The molecule has 1 aromatic heterocycles. The molecule has 1 heterocycles. The second-order valence-electron chi connectivity index (χ2n) is 7.86. The maximum Gasteiger partial charge on any atom is 0.234 e. The number of aryl methyl sites for hydroxylation is 3. The molecule has 7 heteroatoms. The van der Waals surface area contributed by atoms with Gasteiger partial charge >= 0.3 is 0 Å². The third kappa shape index (κ3) is 5.26. The van der Waals surface area contributed by atoms with Crippen molar-refractivity contribution in [2.24, 2.45) is 0 Å². The van der Waals surface area contributed by atoms with Crippen LogP contribution in [0.1, 0.15) is 16.7 Å². The van der Waals surface area contributed by atoms with Gasteiger partial charge in [-0.15, -0.1) is 10.2 Å². The van der Waals surface area contributed by atoms with Crippen LogP contribution in [0.2, 0.25) is 0 Å². The molecule has 0 bridgehead atoms. The highest BCUT2D eigenvalue weighted by atomic mass is 32.2. The monoisotopic (exact) mass is 458 g/mol. The van der Waals surface area contributed by atoms with E-state index in [2.05, 4.69) is 15.5 Å². The van der Waals surface area contributed by atoms with Crippen LogP contribution in [0.25, 0.3) is 17.1 Å². The molecule has 3 aromatic carbocycles. The van der Waals surface area contributed by atoms with Crippen molar-refractivity contribution < 1.29 is 9.53 Å². The molecule has 0 aliphatic heterocycles. The molecule has 1 amide bonds. The summed E-state index contributed by atoms with van der Waals surface area (Å²) in [5, 5.41) is 12.5. The SMILES string of the molecule is COc1ccc(-n2c(SCC(=O)Nc3cc(C)ccc3C)nnc2-c2ccc(C)cc2)cc1. The largest absolute Gasteiger partial charge is 0.497 e. The summed E-state index contributed by atoms with van der Waals surface area (Å²) < 4.78 is 7.27. The fraction of sp³-hybridized carbons (Fsp3) is 0.192. The van der Waals surface area contributed by atoms with E-state index >= 15 is 0 Å². The highest BCUT2D eigenvalue weighted by Crippen LogP contribution is 2.29. The first-order valence-electron chi connectivity index (χ1n) is 10.6. The van der Waals surface area contributed by atoms with Gasteiger partial charge in [0.1, 0.15) is 5.75 Å². The number of methoxy groups -OCH3 is 1. The second-order valence-corrected chi connectivity index (χ2v) is 8.80. The summed E-state index contributed by atoms with van der Waals surface area (Å²) in [5.74, 6) is 1.62. The fourth-order valence-corrected chi connectivity index (χ4v) is 4.16. The lowest BCUT2D eigenvalue weighted by Gasteiger charge is -2.12. The Kier molecular flexibility index (Phi) is 6.79. The Morgan fingerprint density at radius 1 is 0.939 bits per heavy atom. The number of nitrogens with one attached hydrogen (secondary N) is 1. The molecule has 33 heavy (non-hydrogen) atoms. The summed E-state index contributed by atoms with van der Waals surface area (Å²) in [7, 11) is 1.64. The van der Waals surface area contributed by atoms with Crippen LogP contribution in [0.5, 0.6) is 5.75 Å². The van der Waals surface area contributed by atoms with Gasteiger partial charge in [0.05, 0.1) is 12.9 Å². The molecule has 4 aromatic rings. The highest BCUT2D eigenvalue weighted by Gasteiger charge is 2.18.